The van der Waals surface area contributed by atoms with E-state index in [4.69, 9.17) is 5.11 Å². The fraction of sp³-hybridized carbons (Fsp3) is 0.400. The summed E-state index contributed by atoms with van der Waals surface area (Å²) in [4.78, 5) is 32.2. The molecule has 18 heavy (non-hydrogen) atoms. The van der Waals surface area contributed by atoms with E-state index < -0.39 is 22.7 Å². The molecule has 1 aromatic rings. The third kappa shape index (κ3) is 3.81. The molecular weight excluding hydrogens is 260 g/mol. The molecule has 2 N–H and O–H groups in total. The topological polar surface area (TPSA) is 110 Å². The molecule has 0 bridgehead atoms. The third-order valence-corrected chi connectivity index (χ3v) is 3.32. The van der Waals surface area contributed by atoms with Gasteiger partial charge in [-0.25, -0.2) is 0 Å². The Morgan fingerprint density at radius 1 is 1.56 bits per heavy atom. The lowest BCUT2D eigenvalue weighted by molar-refractivity contribution is -0.380. The predicted molar refractivity (Wildman–Crippen MR) is 64.7 cm³/mol. The normalized spacial score (nSPS) is 11.8. The number of nitrogens with one attached hydrogen (secondary N) is 1. The second-order valence-electron chi connectivity index (χ2n) is 3.68. The van der Waals surface area contributed by atoms with Gasteiger partial charge in [0, 0.05) is 12.6 Å². The number of carboxylic acids is 1. The summed E-state index contributed by atoms with van der Waals surface area (Å²) in [5.74, 6) is -1.88. The summed E-state index contributed by atoms with van der Waals surface area (Å²) in [7, 11) is 0. The number of rotatable bonds is 6. The minimum Gasteiger partial charge on any atom is -0.481 e. The van der Waals surface area contributed by atoms with Gasteiger partial charge in [-0.05, 0) is 12.5 Å². The molecule has 0 aliphatic heterocycles. The van der Waals surface area contributed by atoms with Crippen molar-refractivity contribution in [2.45, 2.75) is 13.3 Å². The van der Waals surface area contributed by atoms with Crippen LogP contribution in [0.2, 0.25) is 0 Å². The molecule has 0 saturated carbocycles. The molecule has 1 aromatic heterocycles. The smallest absolute Gasteiger partial charge is 0.324 e. The zero-order chi connectivity index (χ0) is 13.7. The summed E-state index contributed by atoms with van der Waals surface area (Å²) in [6, 6.07) is 2.64. The highest BCUT2D eigenvalue weighted by molar-refractivity contribution is 7.17. The van der Waals surface area contributed by atoms with Crippen LogP contribution in [-0.2, 0) is 4.79 Å². The van der Waals surface area contributed by atoms with Gasteiger partial charge in [-0.2, -0.15) is 0 Å². The van der Waals surface area contributed by atoms with E-state index in [0.29, 0.717) is 6.42 Å². The highest BCUT2D eigenvalue weighted by Crippen LogP contribution is 2.23. The summed E-state index contributed by atoms with van der Waals surface area (Å²) < 4.78 is 0. The molecule has 1 atom stereocenters. The molecule has 0 aliphatic rings. The Labute approximate surface area is 107 Å². The van der Waals surface area contributed by atoms with Crippen LogP contribution >= 0.6 is 11.3 Å². The van der Waals surface area contributed by atoms with Crippen LogP contribution in [0.1, 0.15) is 23.0 Å². The summed E-state index contributed by atoms with van der Waals surface area (Å²) in [6.07, 6.45) is 0.314. The van der Waals surface area contributed by atoms with Crippen molar-refractivity contribution < 1.29 is 19.6 Å². The minimum atomic E-state index is -0.920. The van der Waals surface area contributed by atoms with E-state index >= 15 is 0 Å². The zero-order valence-corrected chi connectivity index (χ0v) is 10.4. The van der Waals surface area contributed by atoms with Crippen LogP contribution in [0.4, 0.5) is 5.00 Å². The standard InChI is InChI=1S/C10H12N2O5S/c1-6(10(14)15)4-5-11-9(13)7-2-3-8(18-7)12(16)17/h2-3,6H,4-5H2,1H3,(H,11,13)(H,14,15). The molecule has 98 valence electrons. The maximum Gasteiger partial charge on any atom is 0.324 e. The Morgan fingerprint density at radius 3 is 2.72 bits per heavy atom. The quantitative estimate of drug-likeness (QED) is 0.602. The monoisotopic (exact) mass is 272 g/mol. The lowest BCUT2D eigenvalue weighted by Crippen LogP contribution is -2.26. The van der Waals surface area contributed by atoms with Crippen LogP contribution in [-0.4, -0.2) is 28.5 Å². The van der Waals surface area contributed by atoms with Crippen molar-refractivity contribution in [3.8, 4) is 0 Å². The van der Waals surface area contributed by atoms with Gasteiger partial charge in [0.15, 0.2) is 0 Å². The van der Waals surface area contributed by atoms with E-state index in [9.17, 15) is 19.7 Å². The predicted octanol–water partition coefficient (Wildman–Crippen LogP) is 1.50. The van der Waals surface area contributed by atoms with Gasteiger partial charge in [0.05, 0.1) is 15.7 Å². The summed E-state index contributed by atoms with van der Waals surface area (Å²) in [5.41, 5.74) is 0. The van der Waals surface area contributed by atoms with Gasteiger partial charge >= 0.3 is 11.0 Å². The van der Waals surface area contributed by atoms with Gasteiger partial charge in [-0.3, -0.25) is 19.7 Å². The van der Waals surface area contributed by atoms with E-state index in [-0.39, 0.29) is 16.4 Å². The van der Waals surface area contributed by atoms with Crippen molar-refractivity contribution in [2.24, 2.45) is 5.92 Å². The maximum atomic E-state index is 11.6. The van der Waals surface area contributed by atoms with Gasteiger partial charge in [0.2, 0.25) is 0 Å². The fourth-order valence-corrected chi connectivity index (χ4v) is 1.90. The number of nitro groups is 1. The van der Waals surface area contributed by atoms with E-state index in [1.807, 2.05) is 0 Å². The highest BCUT2D eigenvalue weighted by atomic mass is 32.1. The first-order valence-electron chi connectivity index (χ1n) is 5.17. The number of hydrogen-bond donors (Lipinski definition) is 2. The van der Waals surface area contributed by atoms with E-state index in [1.54, 1.807) is 6.92 Å². The molecule has 8 heteroatoms. The van der Waals surface area contributed by atoms with Crippen LogP contribution in [0.25, 0.3) is 0 Å². The number of carboxylic acid groups (broad SMARTS) is 1. The van der Waals surface area contributed by atoms with Crippen molar-refractivity contribution in [3.63, 3.8) is 0 Å². The molecule has 1 heterocycles. The Bertz CT molecular complexity index is 471. The van der Waals surface area contributed by atoms with E-state index in [1.165, 1.54) is 12.1 Å². The number of carbonyl (C=O) groups is 2. The number of amides is 1. The van der Waals surface area contributed by atoms with Crippen LogP contribution < -0.4 is 5.32 Å². The molecule has 7 nitrogen and oxygen atoms in total. The second kappa shape index (κ2) is 6.10. The average Bonchev–Trinajstić information content (AvgIpc) is 2.77. The molecule has 0 aromatic carbocycles. The SMILES string of the molecule is CC(CCNC(=O)c1ccc([N+](=O)[O-])s1)C(=O)O. The van der Waals surface area contributed by atoms with Gasteiger partial charge < -0.3 is 10.4 Å². The second-order valence-corrected chi connectivity index (χ2v) is 4.74. The summed E-state index contributed by atoms with van der Waals surface area (Å²) in [6.45, 7) is 1.77. The first-order chi connectivity index (χ1) is 8.41. The Balaban J connectivity index is 2.45. The van der Waals surface area contributed by atoms with Crippen LogP contribution in [0, 0.1) is 16.0 Å². The Morgan fingerprint density at radius 2 is 2.22 bits per heavy atom. The van der Waals surface area contributed by atoms with Crippen molar-refractivity contribution in [2.75, 3.05) is 6.54 Å². The summed E-state index contributed by atoms with van der Waals surface area (Å²) >= 11 is 0.787. The van der Waals surface area contributed by atoms with Crippen molar-refractivity contribution in [3.05, 3.63) is 27.1 Å². The maximum absolute atomic E-state index is 11.6. The molecule has 0 spiro atoms. The Kier molecular flexibility index (Phi) is 4.78. The van der Waals surface area contributed by atoms with Gasteiger partial charge in [-0.15, -0.1) is 0 Å². The van der Waals surface area contributed by atoms with Crippen LogP contribution in [0.15, 0.2) is 12.1 Å². The van der Waals surface area contributed by atoms with Crippen molar-refractivity contribution >= 4 is 28.2 Å². The molecule has 0 fully saturated rings. The first-order valence-corrected chi connectivity index (χ1v) is 5.98. The molecule has 1 rings (SSSR count). The van der Waals surface area contributed by atoms with Crippen LogP contribution in [0.3, 0.4) is 0 Å². The first kappa shape index (κ1) is 14.1. The molecular formula is C10H12N2O5S. The minimum absolute atomic E-state index is 0.0981. The van der Waals surface area contributed by atoms with E-state index in [2.05, 4.69) is 5.32 Å². The van der Waals surface area contributed by atoms with E-state index in [0.717, 1.165) is 11.3 Å². The molecule has 0 saturated heterocycles. The third-order valence-electron chi connectivity index (χ3n) is 2.28. The lowest BCUT2D eigenvalue weighted by Gasteiger charge is -2.06. The number of aliphatic carboxylic acids is 1. The molecule has 0 aliphatic carbocycles. The van der Waals surface area contributed by atoms with Gasteiger partial charge in [-0.1, -0.05) is 18.3 Å². The number of carbonyl (C=O) groups excluding carboxylic acids is 1. The summed E-state index contributed by atoms with van der Waals surface area (Å²) in [5, 5.41) is 21.5. The molecule has 1 unspecified atom stereocenters. The fourth-order valence-electron chi connectivity index (χ4n) is 1.16. The number of hydrogen-bond acceptors (Lipinski definition) is 5. The average molecular weight is 272 g/mol. The largest absolute Gasteiger partial charge is 0.481 e. The van der Waals surface area contributed by atoms with Gasteiger partial charge in [0.25, 0.3) is 5.91 Å². The lowest BCUT2D eigenvalue weighted by atomic mass is 10.1. The number of thiophene rings is 1. The molecule has 1 amide bonds. The van der Waals surface area contributed by atoms with Gasteiger partial charge in [0.1, 0.15) is 0 Å². The van der Waals surface area contributed by atoms with Crippen LogP contribution in [0.5, 0.6) is 0 Å². The number of nitrogens with zero attached hydrogens (tertiary/aromatic N) is 1. The zero-order valence-electron chi connectivity index (χ0n) is 9.58. The van der Waals surface area contributed by atoms with Crippen molar-refractivity contribution in [1.29, 1.82) is 0 Å². The Hall–Kier alpha value is -1.96. The molecule has 0 radical (unpaired) electrons. The van der Waals surface area contributed by atoms with Crippen molar-refractivity contribution in [1.82, 2.24) is 5.32 Å². The highest BCUT2D eigenvalue weighted by Gasteiger charge is 2.16.